The van der Waals surface area contributed by atoms with Crippen LogP contribution in [0.4, 0.5) is 24.7 Å². The number of piperidine rings is 1. The van der Waals surface area contributed by atoms with Crippen molar-refractivity contribution in [2.75, 3.05) is 50.5 Å². The number of halogens is 3. The Kier molecular flexibility index (Phi) is 8.09. The second-order valence-corrected chi connectivity index (χ2v) is 9.40. The van der Waals surface area contributed by atoms with E-state index >= 15 is 0 Å². The molecule has 1 unspecified atom stereocenters. The predicted molar refractivity (Wildman–Crippen MR) is 134 cm³/mol. The standard InChI is InChI=1S/C23H28F3N7O2.CH2O2/c1-14-13-32(3)18-19(34-14)22-29-28-21(16-5-4-6-17(11-16)35-23(24,25)26)33(22)30-20(18)27-12-15-7-9-31(2)10-8-15;2-1-3/h4-6,11,14-15H,7-10,12-13H2,1-3H3,(H,27,30);1H,(H,2,3). The lowest BCUT2D eigenvalue weighted by atomic mass is 9.97. The van der Waals surface area contributed by atoms with Gasteiger partial charge in [0.15, 0.2) is 17.4 Å². The molecule has 1 atom stereocenters. The summed E-state index contributed by atoms with van der Waals surface area (Å²) in [4.78, 5) is 12.8. The molecule has 11 nitrogen and oxygen atoms in total. The number of anilines is 2. The molecular weight excluding hydrogens is 507 g/mol. The van der Waals surface area contributed by atoms with E-state index in [0.29, 0.717) is 41.1 Å². The second kappa shape index (κ2) is 11.3. The number of carboxylic acid groups (broad SMARTS) is 1. The van der Waals surface area contributed by atoms with E-state index in [0.717, 1.165) is 38.2 Å². The number of alkyl halides is 3. The topological polar surface area (TPSA) is 117 Å². The van der Waals surface area contributed by atoms with E-state index in [2.05, 4.69) is 37.1 Å². The smallest absolute Gasteiger partial charge is 0.483 e. The summed E-state index contributed by atoms with van der Waals surface area (Å²) in [5, 5.41) is 23.7. The van der Waals surface area contributed by atoms with E-state index in [9.17, 15) is 13.2 Å². The number of aromatic nitrogens is 4. The molecule has 0 amide bonds. The summed E-state index contributed by atoms with van der Waals surface area (Å²) >= 11 is 0. The van der Waals surface area contributed by atoms with Crippen molar-refractivity contribution in [1.29, 1.82) is 0 Å². The Bertz CT molecular complexity index is 1260. The maximum absolute atomic E-state index is 12.7. The molecule has 0 radical (unpaired) electrons. The first kappa shape index (κ1) is 27.2. The van der Waals surface area contributed by atoms with Crippen molar-refractivity contribution in [3.8, 4) is 22.9 Å². The summed E-state index contributed by atoms with van der Waals surface area (Å²) in [6.45, 7) is 5.28. The number of nitrogens with zero attached hydrogens (tertiary/aromatic N) is 6. The molecule has 0 bridgehead atoms. The van der Waals surface area contributed by atoms with Crippen molar-refractivity contribution in [2.45, 2.75) is 32.2 Å². The van der Waals surface area contributed by atoms with Crippen molar-refractivity contribution < 1.29 is 32.5 Å². The number of rotatable bonds is 5. The largest absolute Gasteiger partial charge is 0.573 e. The average molecular weight is 538 g/mol. The summed E-state index contributed by atoms with van der Waals surface area (Å²) < 4.78 is 50.0. The molecule has 2 aliphatic heterocycles. The minimum atomic E-state index is -4.79. The minimum absolute atomic E-state index is 0.0795. The van der Waals surface area contributed by atoms with Gasteiger partial charge in [-0.1, -0.05) is 12.1 Å². The predicted octanol–water partition coefficient (Wildman–Crippen LogP) is 3.36. The van der Waals surface area contributed by atoms with Crippen molar-refractivity contribution in [2.24, 2.45) is 5.92 Å². The van der Waals surface area contributed by atoms with Crippen LogP contribution < -0.4 is 19.7 Å². The van der Waals surface area contributed by atoms with Crippen LogP contribution in [0.5, 0.6) is 11.5 Å². The first-order valence-electron chi connectivity index (χ1n) is 12.1. The van der Waals surface area contributed by atoms with E-state index in [1.54, 1.807) is 6.07 Å². The monoisotopic (exact) mass is 537 g/mol. The van der Waals surface area contributed by atoms with Crippen molar-refractivity contribution in [3.05, 3.63) is 24.3 Å². The van der Waals surface area contributed by atoms with Crippen molar-refractivity contribution >= 4 is 23.6 Å². The van der Waals surface area contributed by atoms with Crippen LogP contribution in [0.2, 0.25) is 0 Å². The maximum Gasteiger partial charge on any atom is 0.573 e. The summed E-state index contributed by atoms with van der Waals surface area (Å²) in [5.74, 6) is 1.65. The SMILES string of the molecule is CC1CN(C)c2c(NCC3CCN(C)CC3)nn3c(-c4cccc(OC(F)(F)F)c4)nnc3c2O1.O=CO. The summed E-state index contributed by atoms with van der Waals surface area (Å²) in [5.41, 5.74) is 1.60. The molecule has 14 heteroatoms. The Labute approximate surface area is 217 Å². The van der Waals surface area contributed by atoms with Gasteiger partial charge in [-0.3, -0.25) is 4.79 Å². The van der Waals surface area contributed by atoms with Gasteiger partial charge in [0.25, 0.3) is 6.47 Å². The van der Waals surface area contributed by atoms with Crippen molar-refractivity contribution in [1.82, 2.24) is 24.7 Å². The first-order chi connectivity index (χ1) is 18.1. The van der Waals surface area contributed by atoms with Crippen LogP contribution in [0.3, 0.4) is 0 Å². The number of fused-ring (bicyclic) bond motifs is 3. The number of benzene rings is 1. The van der Waals surface area contributed by atoms with Gasteiger partial charge in [0, 0.05) is 19.2 Å². The van der Waals surface area contributed by atoms with Gasteiger partial charge in [-0.2, -0.15) is 4.52 Å². The number of likely N-dealkylation sites (N-methyl/N-ethyl adjacent to an activating group) is 1. The van der Waals surface area contributed by atoms with Crippen LogP contribution in [0.15, 0.2) is 24.3 Å². The molecule has 2 aliphatic rings. The van der Waals surface area contributed by atoms with Crippen LogP contribution in [0, 0.1) is 5.92 Å². The van der Waals surface area contributed by atoms with Crippen LogP contribution in [0.25, 0.3) is 17.0 Å². The fourth-order valence-electron chi connectivity index (χ4n) is 4.69. The van der Waals surface area contributed by atoms with Gasteiger partial charge < -0.3 is 29.7 Å². The van der Waals surface area contributed by atoms with Crippen molar-refractivity contribution in [3.63, 3.8) is 0 Å². The van der Waals surface area contributed by atoms with Gasteiger partial charge in [-0.15, -0.1) is 28.5 Å². The number of hydrogen-bond donors (Lipinski definition) is 2. The summed E-state index contributed by atoms with van der Waals surface area (Å²) in [6, 6.07) is 5.62. The fraction of sp³-hybridized carbons (Fsp3) is 0.500. The van der Waals surface area contributed by atoms with Gasteiger partial charge in [-0.05, 0) is 58.0 Å². The second-order valence-electron chi connectivity index (χ2n) is 9.40. The van der Waals surface area contributed by atoms with Gasteiger partial charge in [-0.25, -0.2) is 0 Å². The molecule has 2 aromatic heterocycles. The molecule has 1 saturated heterocycles. The number of nitrogens with one attached hydrogen (secondary N) is 1. The highest BCUT2D eigenvalue weighted by Crippen LogP contribution is 2.41. The first-order valence-corrected chi connectivity index (χ1v) is 12.1. The third-order valence-electron chi connectivity index (χ3n) is 6.44. The lowest BCUT2D eigenvalue weighted by Gasteiger charge is -2.34. The molecule has 206 valence electrons. The summed E-state index contributed by atoms with van der Waals surface area (Å²) in [7, 11) is 4.11. The molecule has 1 fully saturated rings. The van der Waals surface area contributed by atoms with E-state index in [-0.39, 0.29) is 18.3 Å². The molecule has 0 saturated carbocycles. The van der Waals surface area contributed by atoms with E-state index in [1.807, 2.05) is 14.0 Å². The molecule has 5 rings (SSSR count). The van der Waals surface area contributed by atoms with Gasteiger partial charge in [0.2, 0.25) is 5.65 Å². The molecular formula is C24H30F3N7O4. The Hall–Kier alpha value is -3.81. The zero-order valence-corrected chi connectivity index (χ0v) is 21.3. The molecule has 2 N–H and O–H groups in total. The molecule has 3 aromatic rings. The average Bonchev–Trinajstić information content (AvgIpc) is 3.27. The van der Waals surface area contributed by atoms with Gasteiger partial charge in [0.1, 0.15) is 17.5 Å². The van der Waals surface area contributed by atoms with Crippen LogP contribution in [-0.4, -0.2) is 89.0 Å². The Balaban J connectivity index is 0.00000107. The van der Waals surface area contributed by atoms with E-state index in [1.165, 1.54) is 22.7 Å². The van der Waals surface area contributed by atoms with Gasteiger partial charge in [0.05, 0.1) is 6.54 Å². The number of hydrogen-bond acceptors (Lipinski definition) is 9. The normalized spacial score (nSPS) is 18.3. The minimum Gasteiger partial charge on any atom is -0.483 e. The zero-order valence-electron chi connectivity index (χ0n) is 21.3. The highest BCUT2D eigenvalue weighted by Gasteiger charge is 2.32. The Morgan fingerprint density at radius 1 is 1.24 bits per heavy atom. The molecule has 38 heavy (non-hydrogen) atoms. The molecule has 1 aromatic carbocycles. The Morgan fingerprint density at radius 2 is 1.95 bits per heavy atom. The number of likely N-dealkylation sites (tertiary alicyclic amines) is 1. The Morgan fingerprint density at radius 3 is 2.63 bits per heavy atom. The number of carbonyl (C=O) groups is 1. The molecule has 4 heterocycles. The van der Waals surface area contributed by atoms with Crippen LogP contribution in [-0.2, 0) is 4.79 Å². The van der Waals surface area contributed by atoms with Crippen LogP contribution >= 0.6 is 0 Å². The molecule has 0 aliphatic carbocycles. The number of ether oxygens (including phenoxy) is 2. The van der Waals surface area contributed by atoms with Gasteiger partial charge >= 0.3 is 6.36 Å². The summed E-state index contributed by atoms with van der Waals surface area (Å²) in [6.07, 6.45) is -2.67. The lowest BCUT2D eigenvalue weighted by Crippen LogP contribution is -2.37. The fourth-order valence-corrected chi connectivity index (χ4v) is 4.69. The third kappa shape index (κ3) is 6.18. The zero-order chi connectivity index (χ0) is 27.4. The third-order valence-corrected chi connectivity index (χ3v) is 6.44. The lowest BCUT2D eigenvalue weighted by molar-refractivity contribution is -0.274. The van der Waals surface area contributed by atoms with E-state index < -0.39 is 6.36 Å². The van der Waals surface area contributed by atoms with Crippen LogP contribution in [0.1, 0.15) is 19.8 Å². The highest BCUT2D eigenvalue weighted by molar-refractivity contribution is 5.82. The highest BCUT2D eigenvalue weighted by atomic mass is 19.4. The maximum atomic E-state index is 12.7. The quantitative estimate of drug-likeness (QED) is 0.469. The van der Waals surface area contributed by atoms with E-state index in [4.69, 9.17) is 19.7 Å². The molecule has 0 spiro atoms.